The molecule has 56 valence electrons. The van der Waals surface area contributed by atoms with Gasteiger partial charge >= 0.3 is 0 Å². The second-order valence-corrected chi connectivity index (χ2v) is 3.15. The number of hydrogen-bond acceptors (Lipinski definition) is 0. The molecule has 0 N–H and O–H groups in total. The molecule has 0 heterocycles. The Kier molecular flexibility index (Phi) is 6.62. The van der Waals surface area contributed by atoms with Crippen LogP contribution in [0, 0.1) is 0 Å². The highest BCUT2D eigenvalue weighted by Crippen LogP contribution is 2.12. The molecule has 0 bridgehead atoms. The fourth-order valence-corrected chi connectivity index (χ4v) is 1.26. The Bertz CT molecular complexity index is 52.5. The fourth-order valence-electron chi connectivity index (χ4n) is 0.883. The zero-order valence-corrected chi connectivity index (χ0v) is 7.25. The van der Waals surface area contributed by atoms with E-state index in [2.05, 4.69) is 13.8 Å². The third kappa shape index (κ3) is 6.17. The van der Waals surface area contributed by atoms with Gasteiger partial charge in [-0.25, -0.2) is 0 Å². The molecular formula is C8H17Cl. The van der Waals surface area contributed by atoms with E-state index in [1.54, 1.807) is 0 Å². The second kappa shape index (κ2) is 6.41. The quantitative estimate of drug-likeness (QED) is 0.523. The molecule has 0 aliphatic heterocycles. The van der Waals surface area contributed by atoms with Crippen molar-refractivity contribution in [2.75, 3.05) is 0 Å². The van der Waals surface area contributed by atoms with Crippen LogP contribution in [0.15, 0.2) is 0 Å². The first-order chi connectivity index (χ1) is 4.31. The Labute approximate surface area is 63.6 Å². The van der Waals surface area contributed by atoms with Crippen LogP contribution in [0.1, 0.15) is 46.0 Å². The number of alkyl halides is 1. The van der Waals surface area contributed by atoms with Crippen molar-refractivity contribution in [3.63, 3.8) is 0 Å². The minimum absolute atomic E-state index is 0.440. The molecule has 0 amide bonds. The molecule has 0 radical (unpaired) electrons. The molecule has 0 aromatic carbocycles. The van der Waals surface area contributed by atoms with Crippen LogP contribution in [0.5, 0.6) is 0 Å². The monoisotopic (exact) mass is 148 g/mol. The summed E-state index contributed by atoms with van der Waals surface area (Å²) in [6.45, 7) is 4.39. The van der Waals surface area contributed by atoms with Gasteiger partial charge < -0.3 is 0 Å². The fraction of sp³-hybridized carbons (Fsp3) is 1.00. The molecular weight excluding hydrogens is 132 g/mol. The first kappa shape index (κ1) is 9.29. The van der Waals surface area contributed by atoms with Crippen molar-refractivity contribution >= 4 is 11.6 Å². The summed E-state index contributed by atoms with van der Waals surface area (Å²) in [5.74, 6) is 0. The van der Waals surface area contributed by atoms with Gasteiger partial charge in [0.2, 0.25) is 0 Å². The van der Waals surface area contributed by atoms with Crippen LogP contribution in [0.4, 0.5) is 0 Å². The molecule has 0 aliphatic rings. The van der Waals surface area contributed by atoms with E-state index in [0.29, 0.717) is 5.38 Å². The van der Waals surface area contributed by atoms with E-state index in [0.717, 1.165) is 0 Å². The van der Waals surface area contributed by atoms with E-state index in [9.17, 15) is 0 Å². The largest absolute Gasteiger partial charge is 0.123 e. The molecule has 0 aromatic heterocycles. The molecule has 0 aliphatic carbocycles. The summed E-state index contributed by atoms with van der Waals surface area (Å²) in [6, 6.07) is 0. The highest BCUT2D eigenvalue weighted by molar-refractivity contribution is 6.20. The Balaban J connectivity index is 2.95. The van der Waals surface area contributed by atoms with Gasteiger partial charge in [-0.2, -0.15) is 0 Å². The maximum atomic E-state index is 5.96. The molecule has 0 spiro atoms. The van der Waals surface area contributed by atoms with E-state index in [-0.39, 0.29) is 0 Å². The maximum absolute atomic E-state index is 5.96. The van der Waals surface area contributed by atoms with Gasteiger partial charge in [0.1, 0.15) is 0 Å². The summed E-state index contributed by atoms with van der Waals surface area (Å²) in [7, 11) is 0. The van der Waals surface area contributed by atoms with Crippen LogP contribution in [0.25, 0.3) is 0 Å². The van der Waals surface area contributed by atoms with Crippen LogP contribution in [-0.4, -0.2) is 5.38 Å². The van der Waals surface area contributed by atoms with Crippen molar-refractivity contribution in [3.05, 3.63) is 0 Å². The average Bonchev–Trinajstić information content (AvgIpc) is 1.85. The predicted molar refractivity (Wildman–Crippen MR) is 44.1 cm³/mol. The summed E-state index contributed by atoms with van der Waals surface area (Å²) in [6.07, 6.45) is 6.16. The topological polar surface area (TPSA) is 0 Å². The molecule has 9 heavy (non-hydrogen) atoms. The van der Waals surface area contributed by atoms with Crippen LogP contribution < -0.4 is 0 Å². The van der Waals surface area contributed by atoms with Gasteiger partial charge in [0.25, 0.3) is 0 Å². The normalized spacial score (nSPS) is 13.7. The summed E-state index contributed by atoms with van der Waals surface area (Å²) in [5, 5.41) is 0.440. The third-order valence-corrected chi connectivity index (χ3v) is 1.91. The lowest BCUT2D eigenvalue weighted by Gasteiger charge is -2.04. The van der Waals surface area contributed by atoms with E-state index >= 15 is 0 Å². The molecule has 0 saturated heterocycles. The summed E-state index contributed by atoms with van der Waals surface area (Å²) < 4.78 is 0. The van der Waals surface area contributed by atoms with Gasteiger partial charge in [-0.05, 0) is 12.8 Å². The van der Waals surface area contributed by atoms with Crippen molar-refractivity contribution < 1.29 is 0 Å². The third-order valence-electron chi connectivity index (χ3n) is 1.47. The molecule has 0 saturated carbocycles. The summed E-state index contributed by atoms with van der Waals surface area (Å²) in [5.41, 5.74) is 0. The highest BCUT2D eigenvalue weighted by Gasteiger charge is 1.99. The van der Waals surface area contributed by atoms with Crippen LogP contribution in [0.3, 0.4) is 0 Å². The predicted octanol–water partition coefficient (Wildman–Crippen LogP) is 3.58. The van der Waals surface area contributed by atoms with Crippen LogP contribution in [-0.2, 0) is 0 Å². The maximum Gasteiger partial charge on any atom is 0.0336 e. The van der Waals surface area contributed by atoms with Crippen molar-refractivity contribution in [2.45, 2.75) is 51.3 Å². The van der Waals surface area contributed by atoms with Gasteiger partial charge in [-0.1, -0.05) is 33.1 Å². The minimum Gasteiger partial charge on any atom is -0.123 e. The van der Waals surface area contributed by atoms with Gasteiger partial charge in [0.15, 0.2) is 0 Å². The molecule has 0 aromatic rings. The molecule has 1 atom stereocenters. The minimum atomic E-state index is 0.440. The van der Waals surface area contributed by atoms with E-state index < -0.39 is 0 Å². The number of halogens is 1. The lowest BCUT2D eigenvalue weighted by molar-refractivity contribution is 0.632. The second-order valence-electron chi connectivity index (χ2n) is 2.53. The number of unbranched alkanes of at least 4 members (excludes halogenated alkanes) is 1. The SMILES string of the molecule is CCCC[C@@H](Cl)CCC. The van der Waals surface area contributed by atoms with Crippen molar-refractivity contribution in [1.82, 2.24) is 0 Å². The van der Waals surface area contributed by atoms with Crippen LogP contribution >= 0.6 is 11.6 Å². The van der Waals surface area contributed by atoms with Gasteiger partial charge in [0.05, 0.1) is 0 Å². The zero-order valence-electron chi connectivity index (χ0n) is 6.49. The highest BCUT2D eigenvalue weighted by atomic mass is 35.5. The molecule has 1 heteroatoms. The zero-order chi connectivity index (χ0) is 7.11. The van der Waals surface area contributed by atoms with E-state index in [4.69, 9.17) is 11.6 Å². The number of hydrogen-bond donors (Lipinski definition) is 0. The molecule has 0 unspecified atom stereocenters. The van der Waals surface area contributed by atoms with Crippen molar-refractivity contribution in [3.8, 4) is 0 Å². The van der Waals surface area contributed by atoms with Gasteiger partial charge in [-0.3, -0.25) is 0 Å². The van der Waals surface area contributed by atoms with Crippen molar-refractivity contribution in [1.29, 1.82) is 0 Å². The van der Waals surface area contributed by atoms with Gasteiger partial charge in [-0.15, -0.1) is 11.6 Å². The Morgan fingerprint density at radius 1 is 1.11 bits per heavy atom. The average molecular weight is 149 g/mol. The van der Waals surface area contributed by atoms with Crippen molar-refractivity contribution in [2.24, 2.45) is 0 Å². The first-order valence-corrected chi connectivity index (χ1v) is 4.39. The van der Waals surface area contributed by atoms with Crippen LogP contribution in [0.2, 0.25) is 0 Å². The smallest absolute Gasteiger partial charge is 0.0336 e. The number of rotatable bonds is 5. The van der Waals surface area contributed by atoms with E-state index in [1.807, 2.05) is 0 Å². The van der Waals surface area contributed by atoms with E-state index in [1.165, 1.54) is 32.1 Å². The summed E-state index contributed by atoms with van der Waals surface area (Å²) >= 11 is 5.96. The standard InChI is InChI=1S/C8H17Cl/c1-3-5-7-8(9)6-4-2/h8H,3-7H2,1-2H3/t8-/m0/s1. The lowest BCUT2D eigenvalue weighted by atomic mass is 10.1. The molecule has 0 rings (SSSR count). The lowest BCUT2D eigenvalue weighted by Crippen LogP contribution is -1.96. The Morgan fingerprint density at radius 2 is 1.78 bits per heavy atom. The molecule has 0 nitrogen and oxygen atoms in total. The Hall–Kier alpha value is 0.290. The Morgan fingerprint density at radius 3 is 2.22 bits per heavy atom. The van der Waals surface area contributed by atoms with Gasteiger partial charge in [0, 0.05) is 5.38 Å². The summed E-state index contributed by atoms with van der Waals surface area (Å²) in [4.78, 5) is 0. The first-order valence-electron chi connectivity index (χ1n) is 3.95. The molecule has 0 fully saturated rings.